The number of rotatable bonds is 1. The molecule has 0 saturated heterocycles. The third kappa shape index (κ3) is 1.17. The van der Waals surface area contributed by atoms with Gasteiger partial charge in [-0.1, -0.05) is 0 Å². The smallest absolute Gasteiger partial charge is 0.374 e. The van der Waals surface area contributed by atoms with Gasteiger partial charge in [0.15, 0.2) is 0 Å². The molecule has 2 aromatic heterocycles. The molecule has 0 atom stereocenters. The first kappa shape index (κ1) is 8.49. The van der Waals surface area contributed by atoms with Crippen LogP contribution >= 0.6 is 0 Å². The highest BCUT2D eigenvalue weighted by molar-refractivity contribution is 5.94. The van der Waals surface area contributed by atoms with Gasteiger partial charge in [0, 0.05) is 6.07 Å². The van der Waals surface area contributed by atoms with Crippen molar-refractivity contribution in [2.24, 2.45) is 0 Å². The molecule has 0 aliphatic heterocycles. The fraction of sp³-hybridized carbons (Fsp3) is 0.125. The lowest BCUT2D eigenvalue weighted by Crippen LogP contribution is -1.98. The molecule has 2 aromatic rings. The lowest BCUT2D eigenvalue weighted by molar-refractivity contribution is 0.0567. The van der Waals surface area contributed by atoms with E-state index in [1.54, 1.807) is 0 Å². The number of aromatic nitrogens is 2. The van der Waals surface area contributed by atoms with Crippen molar-refractivity contribution in [3.05, 3.63) is 18.2 Å². The minimum absolute atomic E-state index is 0.0645. The Balaban J connectivity index is 2.62. The summed E-state index contributed by atoms with van der Waals surface area (Å²) in [7, 11) is 1.27. The molecule has 0 aromatic carbocycles. The zero-order chi connectivity index (χ0) is 10.1. The van der Waals surface area contributed by atoms with Crippen molar-refractivity contribution in [2.45, 2.75) is 0 Å². The largest absolute Gasteiger partial charge is 0.463 e. The van der Waals surface area contributed by atoms with Crippen molar-refractivity contribution in [3.8, 4) is 0 Å². The van der Waals surface area contributed by atoms with Crippen molar-refractivity contribution in [1.82, 2.24) is 9.97 Å². The van der Waals surface area contributed by atoms with Gasteiger partial charge in [0.05, 0.1) is 12.5 Å². The van der Waals surface area contributed by atoms with Crippen LogP contribution in [-0.2, 0) is 4.74 Å². The van der Waals surface area contributed by atoms with Crippen LogP contribution in [0.25, 0.3) is 11.1 Å². The minimum Gasteiger partial charge on any atom is -0.463 e. The molecule has 0 fully saturated rings. The van der Waals surface area contributed by atoms with E-state index in [0.717, 1.165) is 0 Å². The van der Waals surface area contributed by atoms with Crippen molar-refractivity contribution in [1.29, 1.82) is 0 Å². The lowest BCUT2D eigenvalue weighted by atomic mass is 10.3. The number of carbonyl (C=O) groups is 1. The maximum atomic E-state index is 11.1. The maximum absolute atomic E-state index is 11.1. The Hall–Kier alpha value is -2.11. The highest BCUT2D eigenvalue weighted by Crippen LogP contribution is 2.21. The molecule has 0 bridgehead atoms. The number of anilines is 1. The summed E-state index contributed by atoms with van der Waals surface area (Å²) in [6.07, 6.45) is 1.27. The van der Waals surface area contributed by atoms with Gasteiger partial charge in [-0.15, -0.1) is 0 Å². The Labute approximate surface area is 78.7 Å². The standard InChI is InChI=1S/C8H7N3O3/c1-13-8(12)5-2-4-6(9)10-3-11-7(4)14-5/h2-3H,1H3,(H2,9,10,11). The summed E-state index contributed by atoms with van der Waals surface area (Å²) in [5, 5.41) is 0.507. The highest BCUT2D eigenvalue weighted by atomic mass is 16.5. The summed E-state index contributed by atoms with van der Waals surface area (Å²) in [5.41, 5.74) is 5.82. The number of hydrogen-bond acceptors (Lipinski definition) is 6. The first-order valence-electron chi connectivity index (χ1n) is 3.80. The molecule has 2 rings (SSSR count). The summed E-state index contributed by atoms with van der Waals surface area (Å²) in [6, 6.07) is 1.45. The van der Waals surface area contributed by atoms with Crippen LogP contribution in [0.15, 0.2) is 16.8 Å². The summed E-state index contributed by atoms with van der Waals surface area (Å²) in [6.45, 7) is 0. The van der Waals surface area contributed by atoms with Crippen molar-refractivity contribution < 1.29 is 13.9 Å². The Bertz CT molecular complexity index is 492. The van der Waals surface area contributed by atoms with Crippen molar-refractivity contribution in [3.63, 3.8) is 0 Å². The third-order valence-corrected chi connectivity index (χ3v) is 1.75. The van der Waals surface area contributed by atoms with Gasteiger partial charge in [-0.3, -0.25) is 0 Å². The molecule has 0 amide bonds. The first-order chi connectivity index (χ1) is 6.72. The number of esters is 1. The van der Waals surface area contributed by atoms with E-state index in [1.165, 1.54) is 19.5 Å². The lowest BCUT2D eigenvalue weighted by Gasteiger charge is -1.90. The SMILES string of the molecule is COC(=O)c1cc2c(N)ncnc2o1. The molecule has 2 N–H and O–H groups in total. The molecule has 72 valence electrons. The van der Waals surface area contributed by atoms with E-state index in [-0.39, 0.29) is 17.3 Å². The Morgan fingerprint density at radius 2 is 2.36 bits per heavy atom. The van der Waals surface area contributed by atoms with Crippen molar-refractivity contribution >= 4 is 22.9 Å². The average molecular weight is 193 g/mol. The van der Waals surface area contributed by atoms with Crippen LogP contribution in [0.1, 0.15) is 10.6 Å². The topological polar surface area (TPSA) is 91.2 Å². The van der Waals surface area contributed by atoms with Crippen LogP contribution in [-0.4, -0.2) is 23.0 Å². The van der Waals surface area contributed by atoms with Gasteiger partial charge in [0.2, 0.25) is 11.5 Å². The quantitative estimate of drug-likeness (QED) is 0.666. The highest BCUT2D eigenvalue weighted by Gasteiger charge is 2.14. The van der Waals surface area contributed by atoms with Gasteiger partial charge in [-0.05, 0) is 0 Å². The Kier molecular flexibility index (Phi) is 1.81. The predicted octanol–water partition coefficient (Wildman–Crippen LogP) is 0.592. The van der Waals surface area contributed by atoms with Gasteiger partial charge < -0.3 is 14.9 Å². The van der Waals surface area contributed by atoms with E-state index in [4.69, 9.17) is 10.2 Å². The number of nitrogens with zero attached hydrogens (tertiary/aromatic N) is 2. The van der Waals surface area contributed by atoms with Gasteiger partial charge >= 0.3 is 5.97 Å². The number of nitrogens with two attached hydrogens (primary N) is 1. The van der Waals surface area contributed by atoms with Crippen LogP contribution in [0.5, 0.6) is 0 Å². The number of ether oxygens (including phenoxy) is 1. The van der Waals surface area contributed by atoms with Gasteiger partial charge in [0.1, 0.15) is 12.1 Å². The predicted molar refractivity (Wildman–Crippen MR) is 47.6 cm³/mol. The second kappa shape index (κ2) is 2.99. The van der Waals surface area contributed by atoms with Crippen LogP contribution in [0.2, 0.25) is 0 Å². The van der Waals surface area contributed by atoms with Crippen LogP contribution in [0.4, 0.5) is 5.82 Å². The molecule has 0 unspecified atom stereocenters. The van der Waals surface area contributed by atoms with Gasteiger partial charge in [-0.2, -0.15) is 0 Å². The molecule has 6 heteroatoms. The fourth-order valence-electron chi connectivity index (χ4n) is 1.08. The van der Waals surface area contributed by atoms with Crippen LogP contribution in [0.3, 0.4) is 0 Å². The van der Waals surface area contributed by atoms with Crippen LogP contribution < -0.4 is 5.73 Å². The molecule has 14 heavy (non-hydrogen) atoms. The minimum atomic E-state index is -0.567. The zero-order valence-corrected chi connectivity index (χ0v) is 7.35. The molecule has 0 aliphatic carbocycles. The molecular formula is C8H7N3O3. The summed E-state index contributed by atoms with van der Waals surface area (Å²) in [4.78, 5) is 18.7. The Morgan fingerprint density at radius 3 is 3.00 bits per heavy atom. The van der Waals surface area contributed by atoms with Gasteiger partial charge in [-0.25, -0.2) is 14.8 Å². The zero-order valence-electron chi connectivity index (χ0n) is 7.35. The van der Waals surface area contributed by atoms with E-state index in [9.17, 15) is 4.79 Å². The summed E-state index contributed by atoms with van der Waals surface area (Å²) < 4.78 is 9.58. The number of nitrogen functional groups attached to an aromatic ring is 1. The molecule has 0 spiro atoms. The van der Waals surface area contributed by atoms with E-state index < -0.39 is 5.97 Å². The molecule has 0 radical (unpaired) electrons. The second-order valence-electron chi connectivity index (χ2n) is 2.58. The Morgan fingerprint density at radius 1 is 1.57 bits per heavy atom. The van der Waals surface area contributed by atoms with E-state index in [0.29, 0.717) is 5.39 Å². The monoisotopic (exact) mass is 193 g/mol. The molecule has 0 aliphatic rings. The molecule has 0 saturated carbocycles. The summed E-state index contributed by atoms with van der Waals surface area (Å²) >= 11 is 0. The average Bonchev–Trinajstić information content (AvgIpc) is 2.62. The van der Waals surface area contributed by atoms with E-state index in [1.807, 2.05) is 0 Å². The second-order valence-corrected chi connectivity index (χ2v) is 2.58. The molecular weight excluding hydrogens is 186 g/mol. The van der Waals surface area contributed by atoms with Gasteiger partial charge in [0.25, 0.3) is 0 Å². The number of methoxy groups -OCH3 is 1. The third-order valence-electron chi connectivity index (χ3n) is 1.75. The number of carbonyl (C=O) groups excluding carboxylic acids is 1. The van der Waals surface area contributed by atoms with Crippen LogP contribution in [0, 0.1) is 0 Å². The normalized spacial score (nSPS) is 10.4. The molecule has 2 heterocycles. The van der Waals surface area contributed by atoms with Crippen molar-refractivity contribution in [2.75, 3.05) is 12.8 Å². The number of fused-ring (bicyclic) bond motifs is 1. The number of furan rings is 1. The fourth-order valence-corrected chi connectivity index (χ4v) is 1.08. The van der Waals surface area contributed by atoms with E-state index >= 15 is 0 Å². The van der Waals surface area contributed by atoms with E-state index in [2.05, 4.69) is 14.7 Å². The maximum Gasteiger partial charge on any atom is 0.374 e. The summed E-state index contributed by atoms with van der Waals surface area (Å²) in [5.74, 6) is -0.231. The number of hydrogen-bond donors (Lipinski definition) is 1. The molecule has 6 nitrogen and oxygen atoms in total. The first-order valence-corrected chi connectivity index (χ1v) is 3.80.